The number of para-hydroxylation sites is 1. The van der Waals surface area contributed by atoms with Crippen LogP contribution in [0, 0.1) is 5.82 Å². The number of anilines is 4. The highest BCUT2D eigenvalue weighted by Gasteiger charge is 2.35. The lowest BCUT2D eigenvalue weighted by molar-refractivity contribution is -0.137. The van der Waals surface area contributed by atoms with Crippen LogP contribution in [0.2, 0.25) is 0 Å². The van der Waals surface area contributed by atoms with Crippen molar-refractivity contribution >= 4 is 41.6 Å². The van der Waals surface area contributed by atoms with Gasteiger partial charge in [-0.15, -0.1) is 0 Å². The molecule has 0 spiro atoms. The second-order valence-corrected chi connectivity index (χ2v) is 10.3. The molecule has 0 saturated carbocycles. The van der Waals surface area contributed by atoms with E-state index in [-0.39, 0.29) is 17.3 Å². The van der Waals surface area contributed by atoms with Gasteiger partial charge in [0.15, 0.2) is 0 Å². The van der Waals surface area contributed by atoms with E-state index < -0.39 is 42.0 Å². The van der Waals surface area contributed by atoms with Gasteiger partial charge >= 0.3 is 12.1 Å². The van der Waals surface area contributed by atoms with Gasteiger partial charge in [-0.3, -0.25) is 0 Å². The van der Waals surface area contributed by atoms with E-state index in [1.807, 2.05) is 0 Å². The third-order valence-electron chi connectivity index (χ3n) is 4.29. The van der Waals surface area contributed by atoms with Crippen LogP contribution in [-0.4, -0.2) is 34.4 Å². The van der Waals surface area contributed by atoms with E-state index >= 15 is 0 Å². The molecule has 0 saturated heterocycles. The van der Waals surface area contributed by atoms with Gasteiger partial charge in [-0.05, 0) is 43.7 Å². The Hall–Kier alpha value is -3.46. The summed E-state index contributed by atoms with van der Waals surface area (Å²) in [6, 6.07) is 9.29. The van der Waals surface area contributed by atoms with Crippen molar-refractivity contribution in [2.75, 3.05) is 24.0 Å². The van der Waals surface area contributed by atoms with Crippen molar-refractivity contribution < 1.29 is 32.0 Å². The van der Waals surface area contributed by atoms with Gasteiger partial charge in [-0.1, -0.05) is 12.1 Å². The summed E-state index contributed by atoms with van der Waals surface area (Å²) in [7, 11) is -2.83. The highest BCUT2D eigenvalue weighted by atomic mass is 31.2. The van der Waals surface area contributed by atoms with Crippen molar-refractivity contribution in [2.24, 2.45) is 0 Å². The lowest BCUT2D eigenvalue weighted by Crippen LogP contribution is -2.16. The summed E-state index contributed by atoms with van der Waals surface area (Å²) in [4.78, 5) is 18.4. The molecule has 0 amide bonds. The van der Waals surface area contributed by atoms with E-state index in [0.717, 1.165) is 12.1 Å². The van der Waals surface area contributed by atoms with Gasteiger partial charge in [-0.25, -0.2) is 14.2 Å². The molecule has 0 aliphatic heterocycles. The van der Waals surface area contributed by atoms with Crippen LogP contribution in [0.4, 0.5) is 40.7 Å². The number of aromatic nitrogens is 2. The first-order valence-corrected chi connectivity index (χ1v) is 11.6. The number of hydrogen-bond acceptors (Lipinski definition) is 6. The number of alkyl halides is 3. The number of hydrogen-bond donors (Lipinski definition) is 3. The zero-order valence-corrected chi connectivity index (χ0v) is 17.6. The number of rotatable bonds is 6. The van der Waals surface area contributed by atoms with Crippen molar-refractivity contribution in [1.82, 2.24) is 9.97 Å². The van der Waals surface area contributed by atoms with E-state index in [2.05, 4.69) is 20.6 Å². The zero-order valence-electron chi connectivity index (χ0n) is 16.7. The minimum Gasteiger partial charge on any atom is -0.478 e. The number of carboxylic acid groups (broad SMARTS) is 1. The average molecular weight is 468 g/mol. The Morgan fingerprint density at radius 2 is 1.78 bits per heavy atom. The second kappa shape index (κ2) is 8.58. The summed E-state index contributed by atoms with van der Waals surface area (Å²) < 4.78 is 67.0. The second-order valence-electron chi connectivity index (χ2n) is 7.07. The van der Waals surface area contributed by atoms with E-state index in [1.165, 1.54) is 25.5 Å². The normalized spacial score (nSPS) is 11.8. The first-order valence-electron chi connectivity index (χ1n) is 9.02. The van der Waals surface area contributed by atoms with Gasteiger partial charge in [0.05, 0.1) is 11.3 Å². The molecule has 32 heavy (non-hydrogen) atoms. The molecule has 2 aromatic carbocycles. The Kier molecular flexibility index (Phi) is 6.23. The molecule has 0 unspecified atom stereocenters. The Bertz CT molecular complexity index is 1230. The number of nitrogens with one attached hydrogen (secondary N) is 2. The number of benzene rings is 2. The third-order valence-corrected chi connectivity index (χ3v) is 5.84. The first-order chi connectivity index (χ1) is 14.9. The first kappa shape index (κ1) is 23.2. The maximum absolute atomic E-state index is 13.9. The minimum absolute atomic E-state index is 0.0326. The molecular weight excluding hydrogens is 451 g/mol. The highest BCUT2D eigenvalue weighted by molar-refractivity contribution is 7.70. The van der Waals surface area contributed by atoms with Crippen LogP contribution in [0.3, 0.4) is 0 Å². The molecule has 3 aromatic rings. The van der Waals surface area contributed by atoms with Crippen LogP contribution in [0.15, 0.2) is 48.7 Å². The summed E-state index contributed by atoms with van der Waals surface area (Å²) in [5.41, 5.74) is -1.50. The Labute approximate surface area is 179 Å². The summed E-state index contributed by atoms with van der Waals surface area (Å²) in [5, 5.41) is 14.4. The predicted octanol–water partition coefficient (Wildman–Crippen LogP) is 5.07. The smallest absolute Gasteiger partial charge is 0.421 e. The fourth-order valence-corrected chi connectivity index (χ4v) is 3.97. The fraction of sp³-hybridized carbons (Fsp3) is 0.150. The lowest BCUT2D eigenvalue weighted by Gasteiger charge is -2.18. The summed E-state index contributed by atoms with van der Waals surface area (Å²) in [6.45, 7) is 2.97. The van der Waals surface area contributed by atoms with Crippen LogP contribution < -0.4 is 15.9 Å². The van der Waals surface area contributed by atoms with Gasteiger partial charge in [0.1, 0.15) is 24.3 Å². The van der Waals surface area contributed by atoms with Crippen LogP contribution in [-0.2, 0) is 10.7 Å². The Balaban J connectivity index is 2.01. The molecule has 3 rings (SSSR count). The quantitative estimate of drug-likeness (QED) is 0.343. The molecule has 168 valence electrons. The molecule has 0 fully saturated rings. The molecule has 0 radical (unpaired) electrons. The van der Waals surface area contributed by atoms with Crippen molar-refractivity contribution in [1.29, 1.82) is 0 Å². The minimum atomic E-state index is -4.78. The van der Waals surface area contributed by atoms with Gasteiger partial charge in [0, 0.05) is 17.2 Å². The molecule has 1 aromatic heterocycles. The summed E-state index contributed by atoms with van der Waals surface area (Å²) >= 11 is 0. The summed E-state index contributed by atoms with van der Waals surface area (Å²) in [5.74, 6) is -3.40. The maximum atomic E-state index is 13.9. The van der Waals surface area contributed by atoms with Crippen molar-refractivity contribution in [3.8, 4) is 0 Å². The number of carboxylic acids is 1. The van der Waals surface area contributed by atoms with E-state index in [4.69, 9.17) is 5.11 Å². The predicted molar refractivity (Wildman–Crippen MR) is 112 cm³/mol. The van der Waals surface area contributed by atoms with Crippen LogP contribution in [0.5, 0.6) is 0 Å². The van der Waals surface area contributed by atoms with E-state index in [9.17, 15) is 26.9 Å². The topological polar surface area (TPSA) is 104 Å². The standard InChI is InChI=1S/C20H17F4N4O3P/c1-32(2,31)16-6-4-3-5-15(16)27-17-13(20(22,23)24)10-25-19(28-17)26-11-7-8-12(18(29)30)14(21)9-11/h3-10H,1-2H3,(H,29,30)(H2,25,26,27,28). The van der Waals surface area contributed by atoms with Gasteiger partial charge in [0.25, 0.3) is 0 Å². The van der Waals surface area contributed by atoms with Crippen LogP contribution in [0.25, 0.3) is 0 Å². The number of nitrogens with zero attached hydrogens (tertiary/aromatic N) is 2. The molecule has 1 heterocycles. The molecule has 12 heteroatoms. The molecule has 7 nitrogen and oxygen atoms in total. The van der Waals surface area contributed by atoms with Crippen LogP contribution in [0.1, 0.15) is 15.9 Å². The Morgan fingerprint density at radius 1 is 1.09 bits per heavy atom. The molecule has 0 aliphatic carbocycles. The summed E-state index contributed by atoms with van der Waals surface area (Å²) in [6.07, 6.45) is -4.23. The molecule has 0 bridgehead atoms. The van der Waals surface area contributed by atoms with Crippen molar-refractivity contribution in [3.05, 3.63) is 65.6 Å². The fourth-order valence-electron chi connectivity index (χ4n) is 2.82. The van der Waals surface area contributed by atoms with E-state index in [0.29, 0.717) is 11.5 Å². The van der Waals surface area contributed by atoms with Gasteiger partial charge in [-0.2, -0.15) is 18.2 Å². The Morgan fingerprint density at radius 3 is 2.38 bits per heavy atom. The molecule has 3 N–H and O–H groups in total. The molecule has 0 atom stereocenters. The molecular formula is C20H17F4N4O3P. The SMILES string of the molecule is CP(C)(=O)c1ccccc1Nc1nc(Nc2ccc(C(=O)O)c(F)c2)ncc1C(F)(F)F. The van der Waals surface area contributed by atoms with Gasteiger partial charge < -0.3 is 20.3 Å². The van der Waals surface area contributed by atoms with Crippen molar-refractivity contribution in [2.45, 2.75) is 6.18 Å². The van der Waals surface area contributed by atoms with Gasteiger partial charge in [0.2, 0.25) is 5.95 Å². The number of carbonyl (C=O) groups is 1. The maximum Gasteiger partial charge on any atom is 0.421 e. The average Bonchev–Trinajstić information content (AvgIpc) is 2.66. The number of halogens is 4. The largest absolute Gasteiger partial charge is 0.478 e. The third kappa shape index (κ3) is 5.23. The number of aromatic carboxylic acids is 1. The zero-order chi connectivity index (χ0) is 23.7. The molecule has 0 aliphatic rings. The lowest BCUT2D eigenvalue weighted by atomic mass is 10.2. The van der Waals surface area contributed by atoms with Crippen LogP contribution >= 0.6 is 7.14 Å². The highest BCUT2D eigenvalue weighted by Crippen LogP contribution is 2.40. The van der Waals surface area contributed by atoms with Crippen molar-refractivity contribution in [3.63, 3.8) is 0 Å². The monoisotopic (exact) mass is 468 g/mol. The van der Waals surface area contributed by atoms with E-state index in [1.54, 1.807) is 18.2 Å².